The van der Waals surface area contributed by atoms with E-state index in [0.29, 0.717) is 0 Å². The highest BCUT2D eigenvalue weighted by molar-refractivity contribution is 7.89. The van der Waals surface area contributed by atoms with Crippen molar-refractivity contribution in [2.75, 3.05) is 5.73 Å². The van der Waals surface area contributed by atoms with Crippen molar-refractivity contribution in [1.29, 1.82) is 0 Å². The molecular formula is C12H17N3O4S. The number of hydrogen-bond donors (Lipinski definition) is 2. The predicted octanol–water partition coefficient (Wildman–Crippen LogP) is 1.64. The molecule has 7 nitrogen and oxygen atoms in total. The van der Waals surface area contributed by atoms with Crippen LogP contribution in [0, 0.1) is 16.0 Å². The summed E-state index contributed by atoms with van der Waals surface area (Å²) in [6.45, 7) is 2.00. The molecule has 110 valence electrons. The van der Waals surface area contributed by atoms with E-state index in [1.54, 1.807) is 0 Å². The van der Waals surface area contributed by atoms with Crippen LogP contribution in [0.2, 0.25) is 0 Å². The van der Waals surface area contributed by atoms with Gasteiger partial charge in [0, 0.05) is 18.2 Å². The number of nitro benzene ring substituents is 1. The molecule has 1 aliphatic carbocycles. The van der Waals surface area contributed by atoms with Gasteiger partial charge in [-0.15, -0.1) is 0 Å². The molecule has 1 aromatic rings. The highest BCUT2D eigenvalue weighted by Gasteiger charge is 2.29. The van der Waals surface area contributed by atoms with Crippen LogP contribution >= 0.6 is 0 Å². The Bertz CT molecular complexity index is 630. The fourth-order valence-electron chi connectivity index (χ4n) is 2.48. The van der Waals surface area contributed by atoms with Gasteiger partial charge in [-0.2, -0.15) is 0 Å². The fourth-order valence-corrected chi connectivity index (χ4v) is 3.97. The molecule has 1 aliphatic rings. The van der Waals surface area contributed by atoms with Crippen molar-refractivity contribution in [2.24, 2.45) is 5.92 Å². The van der Waals surface area contributed by atoms with E-state index in [9.17, 15) is 18.5 Å². The molecule has 0 saturated heterocycles. The van der Waals surface area contributed by atoms with Gasteiger partial charge in [-0.1, -0.05) is 13.3 Å². The monoisotopic (exact) mass is 299 g/mol. The van der Waals surface area contributed by atoms with Gasteiger partial charge in [0.25, 0.3) is 5.69 Å². The van der Waals surface area contributed by atoms with E-state index in [4.69, 9.17) is 5.73 Å². The second-order valence-corrected chi connectivity index (χ2v) is 6.80. The lowest BCUT2D eigenvalue weighted by Gasteiger charge is -2.18. The first-order valence-electron chi connectivity index (χ1n) is 6.37. The normalized spacial score (nSPS) is 22.9. The summed E-state index contributed by atoms with van der Waals surface area (Å²) in [5.41, 5.74) is 5.29. The minimum Gasteiger partial charge on any atom is -0.397 e. The Hall–Kier alpha value is -1.67. The molecule has 0 radical (unpaired) electrons. The third kappa shape index (κ3) is 2.91. The maximum absolute atomic E-state index is 12.3. The molecule has 0 aliphatic heterocycles. The number of rotatable bonds is 4. The number of nitrogens with two attached hydrogens (primary N) is 1. The smallest absolute Gasteiger partial charge is 0.271 e. The number of nitro groups is 1. The average molecular weight is 299 g/mol. The molecule has 0 amide bonds. The number of nitrogen functional groups attached to an aromatic ring is 1. The van der Waals surface area contributed by atoms with Crippen molar-refractivity contribution >= 4 is 21.4 Å². The minimum absolute atomic E-state index is 0.102. The molecule has 0 bridgehead atoms. The van der Waals surface area contributed by atoms with E-state index in [1.807, 2.05) is 6.92 Å². The topological polar surface area (TPSA) is 115 Å². The summed E-state index contributed by atoms with van der Waals surface area (Å²) in [5.74, 6) is 0.282. The first-order chi connectivity index (χ1) is 9.31. The van der Waals surface area contributed by atoms with Crippen molar-refractivity contribution < 1.29 is 13.3 Å². The van der Waals surface area contributed by atoms with Gasteiger partial charge in [0.2, 0.25) is 10.0 Å². The quantitative estimate of drug-likeness (QED) is 0.498. The number of non-ortho nitro benzene ring substituents is 1. The lowest BCUT2D eigenvalue weighted by Crippen LogP contribution is -2.36. The Morgan fingerprint density at radius 3 is 2.60 bits per heavy atom. The van der Waals surface area contributed by atoms with Crippen molar-refractivity contribution in [3.05, 3.63) is 28.3 Å². The largest absolute Gasteiger partial charge is 0.397 e. The van der Waals surface area contributed by atoms with Crippen molar-refractivity contribution in [3.63, 3.8) is 0 Å². The number of anilines is 1. The second-order valence-electron chi connectivity index (χ2n) is 5.12. The molecule has 2 unspecified atom stereocenters. The first kappa shape index (κ1) is 14.7. The molecule has 1 aromatic carbocycles. The SMILES string of the molecule is CC1CCCC1NS(=O)(=O)c1ccc([N+](=O)[O-])cc1N. The van der Waals surface area contributed by atoms with Crippen LogP contribution in [0.25, 0.3) is 0 Å². The summed E-state index contributed by atoms with van der Waals surface area (Å²) in [6, 6.07) is 3.28. The molecule has 3 N–H and O–H groups in total. The third-order valence-corrected chi connectivity index (χ3v) is 5.23. The lowest BCUT2D eigenvalue weighted by atomic mass is 10.1. The van der Waals surface area contributed by atoms with E-state index in [-0.39, 0.29) is 28.2 Å². The van der Waals surface area contributed by atoms with Gasteiger partial charge in [-0.05, 0) is 24.8 Å². The van der Waals surface area contributed by atoms with Crippen LogP contribution in [0.15, 0.2) is 23.1 Å². The third-order valence-electron chi connectivity index (χ3n) is 3.66. The predicted molar refractivity (Wildman–Crippen MR) is 74.6 cm³/mol. The molecule has 0 spiro atoms. The van der Waals surface area contributed by atoms with Gasteiger partial charge < -0.3 is 5.73 Å². The highest BCUT2D eigenvalue weighted by atomic mass is 32.2. The van der Waals surface area contributed by atoms with Gasteiger partial charge in [0.15, 0.2) is 0 Å². The second kappa shape index (κ2) is 5.37. The molecule has 1 fully saturated rings. The number of sulfonamides is 1. The number of benzene rings is 1. The van der Waals surface area contributed by atoms with E-state index in [0.717, 1.165) is 31.4 Å². The van der Waals surface area contributed by atoms with Crippen molar-refractivity contribution in [1.82, 2.24) is 4.72 Å². The van der Waals surface area contributed by atoms with Crippen LogP contribution < -0.4 is 10.5 Å². The van der Waals surface area contributed by atoms with Crippen LogP contribution in [0.1, 0.15) is 26.2 Å². The zero-order chi connectivity index (χ0) is 14.9. The number of nitrogens with one attached hydrogen (secondary N) is 1. The Kier molecular flexibility index (Phi) is 3.96. The minimum atomic E-state index is -3.75. The molecule has 20 heavy (non-hydrogen) atoms. The van der Waals surface area contributed by atoms with Crippen LogP contribution in [-0.4, -0.2) is 19.4 Å². The van der Waals surface area contributed by atoms with E-state index in [1.165, 1.54) is 6.07 Å². The van der Waals surface area contributed by atoms with E-state index < -0.39 is 14.9 Å². The lowest BCUT2D eigenvalue weighted by molar-refractivity contribution is -0.384. The summed E-state index contributed by atoms with van der Waals surface area (Å²) in [5, 5.41) is 10.6. The summed E-state index contributed by atoms with van der Waals surface area (Å²) < 4.78 is 27.2. The Morgan fingerprint density at radius 2 is 2.10 bits per heavy atom. The van der Waals surface area contributed by atoms with E-state index in [2.05, 4.69) is 4.72 Å². The summed E-state index contributed by atoms with van der Waals surface area (Å²) >= 11 is 0. The Morgan fingerprint density at radius 1 is 1.40 bits per heavy atom. The number of hydrogen-bond acceptors (Lipinski definition) is 5. The van der Waals surface area contributed by atoms with Crippen LogP contribution in [0.3, 0.4) is 0 Å². The Labute approximate surface area is 117 Å². The average Bonchev–Trinajstić information content (AvgIpc) is 2.73. The molecule has 0 aromatic heterocycles. The molecular weight excluding hydrogens is 282 g/mol. The maximum atomic E-state index is 12.3. The van der Waals surface area contributed by atoms with Gasteiger partial charge in [-0.3, -0.25) is 10.1 Å². The van der Waals surface area contributed by atoms with Gasteiger partial charge in [0.05, 0.1) is 10.6 Å². The first-order valence-corrected chi connectivity index (χ1v) is 7.86. The van der Waals surface area contributed by atoms with Gasteiger partial charge in [0.1, 0.15) is 4.90 Å². The molecule has 0 heterocycles. The van der Waals surface area contributed by atoms with Crippen LogP contribution in [-0.2, 0) is 10.0 Å². The number of nitrogens with zero attached hydrogens (tertiary/aromatic N) is 1. The van der Waals surface area contributed by atoms with Gasteiger partial charge in [-0.25, -0.2) is 13.1 Å². The highest BCUT2D eigenvalue weighted by Crippen LogP contribution is 2.28. The zero-order valence-electron chi connectivity index (χ0n) is 11.1. The zero-order valence-corrected chi connectivity index (χ0v) is 11.9. The fraction of sp³-hybridized carbons (Fsp3) is 0.500. The maximum Gasteiger partial charge on any atom is 0.271 e. The molecule has 8 heteroatoms. The van der Waals surface area contributed by atoms with Crippen LogP contribution in [0.5, 0.6) is 0 Å². The Balaban J connectivity index is 2.27. The van der Waals surface area contributed by atoms with Gasteiger partial charge >= 0.3 is 0 Å². The molecule has 2 atom stereocenters. The summed E-state index contributed by atoms with van der Waals surface area (Å²) in [7, 11) is -3.75. The molecule has 2 rings (SSSR count). The summed E-state index contributed by atoms with van der Waals surface area (Å²) in [6.07, 6.45) is 2.78. The van der Waals surface area contributed by atoms with Crippen molar-refractivity contribution in [2.45, 2.75) is 37.1 Å². The van der Waals surface area contributed by atoms with Crippen molar-refractivity contribution in [3.8, 4) is 0 Å². The van der Waals surface area contributed by atoms with Crippen LogP contribution in [0.4, 0.5) is 11.4 Å². The molecule has 1 saturated carbocycles. The summed E-state index contributed by atoms with van der Waals surface area (Å²) in [4.78, 5) is 9.90. The standard InChI is InChI=1S/C12H17N3O4S/c1-8-3-2-4-11(8)14-20(18,19)12-6-5-9(15(16)17)7-10(12)13/h5-8,11,14H,2-4,13H2,1H3. The van der Waals surface area contributed by atoms with E-state index >= 15 is 0 Å².